The largest absolute Gasteiger partial charge is 0.414 e. The Bertz CT molecular complexity index is 1340. The summed E-state index contributed by atoms with van der Waals surface area (Å²) >= 11 is 0. The van der Waals surface area contributed by atoms with E-state index in [0.717, 1.165) is 63.4 Å². The molecule has 4 heterocycles. The van der Waals surface area contributed by atoms with Crippen LogP contribution in [0.1, 0.15) is 30.4 Å². The lowest BCUT2D eigenvalue weighted by Crippen LogP contribution is -2.28. The molecule has 2 aromatic carbocycles. The van der Waals surface area contributed by atoms with Gasteiger partial charge < -0.3 is 24.9 Å². The maximum absolute atomic E-state index is 6.15. The molecule has 1 unspecified atom stereocenters. The van der Waals surface area contributed by atoms with Gasteiger partial charge in [0.15, 0.2) is 11.5 Å². The van der Waals surface area contributed by atoms with Gasteiger partial charge in [-0.05, 0) is 54.9 Å². The van der Waals surface area contributed by atoms with E-state index in [9.17, 15) is 0 Å². The third kappa shape index (κ3) is 5.75. The monoisotopic (exact) mass is 512 g/mol. The van der Waals surface area contributed by atoms with Gasteiger partial charge in [0.05, 0.1) is 18.5 Å². The van der Waals surface area contributed by atoms with Crippen LogP contribution in [0.4, 0.5) is 5.82 Å². The van der Waals surface area contributed by atoms with Crippen molar-refractivity contribution in [2.45, 2.75) is 38.3 Å². The maximum Gasteiger partial charge on any atom is 0.270 e. The van der Waals surface area contributed by atoms with Crippen molar-refractivity contribution in [2.24, 2.45) is 5.92 Å². The molecular formula is C29H32N6O3. The van der Waals surface area contributed by atoms with Crippen molar-refractivity contribution in [1.82, 2.24) is 25.5 Å². The molecule has 2 atom stereocenters. The molecule has 2 saturated heterocycles. The fourth-order valence-electron chi connectivity index (χ4n) is 4.88. The van der Waals surface area contributed by atoms with Gasteiger partial charge in [0.2, 0.25) is 5.89 Å². The standard InChI is InChI=1S/C29H32N6O3/c30-27-26(33-25(16-32-27)22-7-3-19(4-8-22)1-2-21-11-13-36-17-21)29-35-34-28(38-29)23-9-5-20(6-10-23)15-31-24-12-14-37-18-24/h3-10,16,21,24,31H,1-2,11-15,17-18H2,(H2,30,32)/t21?,24-/m0/s1. The highest BCUT2D eigenvalue weighted by Gasteiger charge is 2.18. The van der Waals surface area contributed by atoms with Crippen LogP contribution >= 0.6 is 0 Å². The van der Waals surface area contributed by atoms with Gasteiger partial charge in [0.25, 0.3) is 5.89 Å². The van der Waals surface area contributed by atoms with Gasteiger partial charge in [-0.1, -0.05) is 36.4 Å². The van der Waals surface area contributed by atoms with Crippen LogP contribution < -0.4 is 11.1 Å². The minimum Gasteiger partial charge on any atom is -0.414 e. The molecule has 2 aliphatic heterocycles. The summed E-state index contributed by atoms with van der Waals surface area (Å²) in [6, 6.07) is 16.9. The second kappa shape index (κ2) is 11.4. The molecular weight excluding hydrogens is 480 g/mol. The summed E-state index contributed by atoms with van der Waals surface area (Å²) in [5.41, 5.74) is 11.5. The average Bonchev–Trinajstić information content (AvgIpc) is 3.75. The maximum atomic E-state index is 6.15. The number of anilines is 1. The first-order valence-electron chi connectivity index (χ1n) is 13.2. The topological polar surface area (TPSA) is 121 Å². The summed E-state index contributed by atoms with van der Waals surface area (Å²) in [5, 5.41) is 12.0. The van der Waals surface area contributed by atoms with Crippen molar-refractivity contribution >= 4 is 5.82 Å². The lowest BCUT2D eigenvalue weighted by Gasteiger charge is -2.10. The van der Waals surface area contributed by atoms with Gasteiger partial charge >= 0.3 is 0 Å². The number of nitrogen functional groups attached to an aromatic ring is 1. The third-order valence-corrected chi connectivity index (χ3v) is 7.27. The Kier molecular flexibility index (Phi) is 7.39. The van der Waals surface area contributed by atoms with Crippen molar-refractivity contribution in [3.05, 3.63) is 65.9 Å². The first-order chi connectivity index (χ1) is 18.7. The number of hydrogen-bond donors (Lipinski definition) is 2. The van der Waals surface area contributed by atoms with Crippen LogP contribution in [0.15, 0.2) is 59.1 Å². The minimum atomic E-state index is 0.245. The zero-order valence-electron chi connectivity index (χ0n) is 21.3. The van der Waals surface area contributed by atoms with E-state index in [1.807, 2.05) is 12.1 Å². The Morgan fingerprint density at radius 3 is 2.34 bits per heavy atom. The molecule has 2 aliphatic rings. The Balaban J connectivity index is 1.13. The Labute approximate surface area is 221 Å². The molecule has 0 bridgehead atoms. The smallest absolute Gasteiger partial charge is 0.270 e. The molecule has 6 rings (SSSR count). The number of nitrogens with zero attached hydrogens (tertiary/aromatic N) is 4. The SMILES string of the molecule is Nc1ncc(-c2ccc(CCC3CCOC3)cc2)nc1-c1nnc(-c2ccc(CN[C@H]3CCOC3)cc2)o1. The molecule has 38 heavy (non-hydrogen) atoms. The van der Waals surface area contributed by atoms with E-state index >= 15 is 0 Å². The number of nitrogens with two attached hydrogens (primary N) is 1. The number of aromatic nitrogens is 4. The van der Waals surface area contributed by atoms with Crippen LogP contribution in [0, 0.1) is 5.92 Å². The van der Waals surface area contributed by atoms with Gasteiger partial charge in [-0.2, -0.15) is 0 Å². The Hall–Kier alpha value is -3.66. The first kappa shape index (κ1) is 24.7. The quantitative estimate of drug-likeness (QED) is 0.338. The summed E-state index contributed by atoms with van der Waals surface area (Å²) in [6.45, 7) is 4.18. The van der Waals surface area contributed by atoms with Crippen LogP contribution in [0.25, 0.3) is 34.3 Å². The molecule has 9 heteroatoms. The fraction of sp³-hybridized carbons (Fsp3) is 0.379. The summed E-state index contributed by atoms with van der Waals surface area (Å²) in [7, 11) is 0. The fourth-order valence-corrected chi connectivity index (χ4v) is 4.88. The van der Waals surface area contributed by atoms with Crippen LogP contribution in [0.5, 0.6) is 0 Å². The lowest BCUT2D eigenvalue weighted by molar-refractivity contribution is 0.184. The van der Waals surface area contributed by atoms with E-state index in [2.05, 4.69) is 56.9 Å². The Morgan fingerprint density at radius 1 is 0.842 bits per heavy atom. The van der Waals surface area contributed by atoms with Crippen molar-refractivity contribution < 1.29 is 13.9 Å². The number of nitrogens with one attached hydrogen (secondary N) is 1. The predicted octanol–water partition coefficient (Wildman–Crippen LogP) is 4.29. The van der Waals surface area contributed by atoms with Crippen LogP contribution in [0.2, 0.25) is 0 Å². The van der Waals surface area contributed by atoms with Crippen molar-refractivity contribution in [3.8, 4) is 34.3 Å². The van der Waals surface area contributed by atoms with Crippen molar-refractivity contribution in [2.75, 3.05) is 32.2 Å². The number of benzene rings is 2. The van der Waals surface area contributed by atoms with E-state index in [4.69, 9.17) is 24.6 Å². The number of hydrogen-bond acceptors (Lipinski definition) is 9. The van der Waals surface area contributed by atoms with E-state index in [1.165, 1.54) is 17.5 Å². The zero-order valence-corrected chi connectivity index (χ0v) is 21.3. The van der Waals surface area contributed by atoms with E-state index < -0.39 is 0 Å². The van der Waals surface area contributed by atoms with Gasteiger partial charge in [-0.25, -0.2) is 9.97 Å². The summed E-state index contributed by atoms with van der Waals surface area (Å²) in [4.78, 5) is 9.06. The molecule has 2 aromatic heterocycles. The Morgan fingerprint density at radius 2 is 1.58 bits per heavy atom. The highest BCUT2D eigenvalue weighted by Crippen LogP contribution is 2.28. The summed E-state index contributed by atoms with van der Waals surface area (Å²) < 4.78 is 16.9. The number of aryl methyl sites for hydroxylation is 1. The van der Waals surface area contributed by atoms with Gasteiger partial charge in [0.1, 0.15) is 0 Å². The highest BCUT2D eigenvalue weighted by atomic mass is 16.5. The summed E-state index contributed by atoms with van der Waals surface area (Å²) in [5.74, 6) is 1.57. The second-order valence-corrected chi connectivity index (χ2v) is 10.0. The molecule has 3 N–H and O–H groups in total. The molecule has 0 radical (unpaired) electrons. The molecule has 2 fully saturated rings. The molecule has 196 valence electrons. The van der Waals surface area contributed by atoms with E-state index in [0.29, 0.717) is 29.2 Å². The lowest BCUT2D eigenvalue weighted by atomic mass is 9.98. The van der Waals surface area contributed by atoms with Crippen LogP contribution in [0.3, 0.4) is 0 Å². The van der Waals surface area contributed by atoms with Crippen molar-refractivity contribution in [3.63, 3.8) is 0 Å². The van der Waals surface area contributed by atoms with E-state index in [1.54, 1.807) is 6.20 Å². The molecule has 9 nitrogen and oxygen atoms in total. The van der Waals surface area contributed by atoms with Gasteiger partial charge in [-0.3, -0.25) is 0 Å². The van der Waals surface area contributed by atoms with Gasteiger partial charge in [-0.15, -0.1) is 10.2 Å². The third-order valence-electron chi connectivity index (χ3n) is 7.27. The molecule has 0 spiro atoms. The normalized spacial score (nSPS) is 19.3. The predicted molar refractivity (Wildman–Crippen MR) is 144 cm³/mol. The average molecular weight is 513 g/mol. The number of ether oxygens (including phenoxy) is 2. The molecule has 0 saturated carbocycles. The summed E-state index contributed by atoms with van der Waals surface area (Å²) in [6.07, 6.45) is 6.09. The van der Waals surface area contributed by atoms with Crippen molar-refractivity contribution in [1.29, 1.82) is 0 Å². The second-order valence-electron chi connectivity index (χ2n) is 10.0. The van der Waals surface area contributed by atoms with Gasteiger partial charge in [0, 0.05) is 43.5 Å². The minimum absolute atomic E-state index is 0.245. The first-order valence-corrected chi connectivity index (χ1v) is 13.2. The molecule has 0 aliphatic carbocycles. The van der Waals surface area contributed by atoms with Crippen LogP contribution in [-0.2, 0) is 22.4 Å². The van der Waals surface area contributed by atoms with Crippen LogP contribution in [-0.4, -0.2) is 52.6 Å². The zero-order chi connectivity index (χ0) is 25.7. The molecule has 0 amide bonds. The van der Waals surface area contributed by atoms with E-state index in [-0.39, 0.29) is 11.7 Å². The molecule has 4 aromatic rings. The number of rotatable bonds is 9. The highest BCUT2D eigenvalue weighted by molar-refractivity contribution is 5.68.